The number of benzene rings is 2. The molecule has 31 heavy (non-hydrogen) atoms. The number of carbonyl (C=O) groups excluding carboxylic acids is 3. The van der Waals surface area contributed by atoms with Crippen LogP contribution in [0.4, 0.5) is 16.2 Å². The second kappa shape index (κ2) is 9.67. The molecule has 3 rings (SSSR count). The molecule has 1 heterocycles. The fourth-order valence-electron chi connectivity index (χ4n) is 2.77. The monoisotopic (exact) mass is 459 g/mol. The molecule has 1 aliphatic heterocycles. The molecule has 0 saturated carbocycles. The van der Waals surface area contributed by atoms with Crippen molar-refractivity contribution < 1.29 is 24.0 Å². The largest absolute Gasteiger partial charge is 0.490 e. The van der Waals surface area contributed by atoms with Crippen molar-refractivity contribution in [2.45, 2.75) is 4.90 Å². The molecule has 11 heteroatoms. The second-order valence-electron chi connectivity index (χ2n) is 6.24. The lowest BCUT2D eigenvalue weighted by Crippen LogP contribution is -2.36. The summed E-state index contributed by atoms with van der Waals surface area (Å²) in [5, 5.41) is 13.3. The molecule has 0 aliphatic carbocycles. The van der Waals surface area contributed by atoms with Crippen LogP contribution in [0.3, 0.4) is 0 Å². The predicted molar refractivity (Wildman–Crippen MR) is 119 cm³/mol. The highest BCUT2D eigenvalue weighted by Gasteiger charge is 2.36. The molecule has 1 N–H and O–H groups in total. The van der Waals surface area contributed by atoms with Gasteiger partial charge in [0.2, 0.25) is 5.91 Å². The zero-order valence-corrected chi connectivity index (χ0v) is 18.1. The second-order valence-corrected chi connectivity index (χ2v) is 8.11. The van der Waals surface area contributed by atoms with Crippen LogP contribution in [0.1, 0.15) is 5.56 Å². The van der Waals surface area contributed by atoms with Crippen molar-refractivity contribution >= 4 is 58.0 Å². The van der Waals surface area contributed by atoms with E-state index in [1.54, 1.807) is 18.2 Å². The fourth-order valence-corrected chi connectivity index (χ4v) is 4.07. The van der Waals surface area contributed by atoms with Crippen molar-refractivity contribution in [3.05, 3.63) is 63.0 Å². The number of nitrogens with zero attached hydrogens (tertiary/aromatic N) is 2. The van der Waals surface area contributed by atoms with Crippen LogP contribution in [-0.2, 0) is 9.59 Å². The third kappa shape index (κ3) is 5.25. The lowest BCUT2D eigenvalue weighted by atomic mass is 10.1. The summed E-state index contributed by atoms with van der Waals surface area (Å²) >= 11 is 2.19. The van der Waals surface area contributed by atoms with E-state index in [2.05, 4.69) is 5.32 Å². The van der Waals surface area contributed by atoms with Crippen LogP contribution in [0, 0.1) is 10.1 Å². The molecule has 0 spiro atoms. The number of thioether (sulfide) groups is 2. The SMILES string of the molecule is COc1ccc(/C=C2/SC(=O)N(CC(=O)Nc3cccc(SC)c3)C2=O)cc1[N+](=O)[O-]. The maximum absolute atomic E-state index is 12.6. The normalized spacial score (nSPS) is 14.8. The number of ether oxygens (including phenoxy) is 1. The van der Waals surface area contributed by atoms with Crippen molar-refractivity contribution in [1.82, 2.24) is 4.90 Å². The zero-order chi connectivity index (χ0) is 22.5. The molecule has 1 saturated heterocycles. The summed E-state index contributed by atoms with van der Waals surface area (Å²) in [6, 6.07) is 11.4. The predicted octanol–water partition coefficient (Wildman–Crippen LogP) is 4.00. The minimum Gasteiger partial charge on any atom is -0.490 e. The number of amides is 3. The molecule has 9 nitrogen and oxygen atoms in total. The molecule has 0 atom stereocenters. The van der Waals surface area contributed by atoms with Crippen LogP contribution < -0.4 is 10.1 Å². The third-order valence-electron chi connectivity index (χ3n) is 4.23. The molecule has 2 aromatic carbocycles. The topological polar surface area (TPSA) is 119 Å². The summed E-state index contributed by atoms with van der Waals surface area (Å²) in [5.74, 6) is -1.07. The van der Waals surface area contributed by atoms with Crippen molar-refractivity contribution in [3.63, 3.8) is 0 Å². The summed E-state index contributed by atoms with van der Waals surface area (Å²) in [4.78, 5) is 49.7. The first-order valence-electron chi connectivity index (χ1n) is 8.84. The molecule has 1 fully saturated rings. The minimum atomic E-state index is -0.638. The van der Waals surface area contributed by atoms with Gasteiger partial charge in [-0.1, -0.05) is 12.1 Å². The van der Waals surface area contributed by atoms with Gasteiger partial charge >= 0.3 is 5.69 Å². The number of nitro benzene ring substituents is 1. The van der Waals surface area contributed by atoms with Gasteiger partial charge in [0.05, 0.1) is 16.9 Å². The Bertz CT molecular complexity index is 1100. The highest BCUT2D eigenvalue weighted by molar-refractivity contribution is 8.18. The molecule has 0 radical (unpaired) electrons. The van der Waals surface area contributed by atoms with Gasteiger partial charge in [-0.05, 0) is 53.9 Å². The summed E-state index contributed by atoms with van der Waals surface area (Å²) in [6.45, 7) is -0.436. The number of hydrogen-bond donors (Lipinski definition) is 1. The van der Waals surface area contributed by atoms with Gasteiger partial charge in [0.15, 0.2) is 5.75 Å². The number of nitro groups is 1. The van der Waals surface area contributed by atoms with E-state index in [1.165, 1.54) is 43.1 Å². The summed E-state index contributed by atoms with van der Waals surface area (Å²) in [7, 11) is 1.32. The van der Waals surface area contributed by atoms with E-state index in [-0.39, 0.29) is 16.3 Å². The van der Waals surface area contributed by atoms with Crippen LogP contribution in [0.15, 0.2) is 52.3 Å². The van der Waals surface area contributed by atoms with Gasteiger partial charge in [-0.3, -0.25) is 29.4 Å². The van der Waals surface area contributed by atoms with E-state index in [1.807, 2.05) is 12.3 Å². The van der Waals surface area contributed by atoms with Crippen LogP contribution in [0.25, 0.3) is 6.08 Å². The van der Waals surface area contributed by atoms with Gasteiger partial charge in [-0.2, -0.15) is 0 Å². The molecule has 3 amide bonds. The first-order valence-corrected chi connectivity index (χ1v) is 10.9. The number of imide groups is 1. The molecule has 0 unspecified atom stereocenters. The van der Waals surface area contributed by atoms with Crippen molar-refractivity contribution in [1.29, 1.82) is 0 Å². The van der Waals surface area contributed by atoms with E-state index >= 15 is 0 Å². The van der Waals surface area contributed by atoms with E-state index in [0.29, 0.717) is 23.0 Å². The smallest absolute Gasteiger partial charge is 0.311 e. The Balaban J connectivity index is 1.74. The van der Waals surface area contributed by atoms with Crippen molar-refractivity contribution in [2.24, 2.45) is 0 Å². The van der Waals surface area contributed by atoms with Gasteiger partial charge < -0.3 is 10.1 Å². The number of anilines is 1. The fraction of sp³-hybridized carbons (Fsp3) is 0.150. The average molecular weight is 460 g/mol. The standard InChI is InChI=1S/C20H17N3O6S2/c1-29-16-7-6-12(8-15(16)23(27)28)9-17-19(25)22(20(26)31-17)11-18(24)21-13-4-3-5-14(10-13)30-2/h3-10H,11H2,1-2H3,(H,21,24)/b17-9+. The number of hydrogen-bond acceptors (Lipinski definition) is 8. The number of methoxy groups -OCH3 is 1. The van der Waals surface area contributed by atoms with E-state index in [4.69, 9.17) is 4.74 Å². The van der Waals surface area contributed by atoms with Gasteiger partial charge in [0.1, 0.15) is 6.54 Å². The van der Waals surface area contributed by atoms with Crippen molar-refractivity contribution in [2.75, 3.05) is 25.2 Å². The molecular formula is C20H17N3O6S2. The van der Waals surface area contributed by atoms with Gasteiger partial charge in [-0.15, -0.1) is 11.8 Å². The van der Waals surface area contributed by atoms with Crippen LogP contribution in [0.2, 0.25) is 0 Å². The minimum absolute atomic E-state index is 0.0710. The van der Waals surface area contributed by atoms with Gasteiger partial charge in [0, 0.05) is 16.6 Å². The summed E-state index contributed by atoms with van der Waals surface area (Å²) < 4.78 is 4.95. The molecule has 2 aromatic rings. The number of carbonyl (C=O) groups is 3. The summed E-state index contributed by atoms with van der Waals surface area (Å²) in [6.07, 6.45) is 3.28. The Morgan fingerprint density at radius 1 is 1.29 bits per heavy atom. The molecule has 160 valence electrons. The zero-order valence-electron chi connectivity index (χ0n) is 16.5. The Morgan fingerprint density at radius 2 is 2.06 bits per heavy atom. The average Bonchev–Trinajstić information content (AvgIpc) is 3.01. The molecule has 1 aliphatic rings. The first-order chi connectivity index (χ1) is 14.8. The Kier molecular flexibility index (Phi) is 6.98. The number of rotatable bonds is 7. The van der Waals surface area contributed by atoms with Crippen LogP contribution in [-0.4, -0.2) is 46.8 Å². The van der Waals surface area contributed by atoms with E-state index in [0.717, 1.165) is 9.80 Å². The van der Waals surface area contributed by atoms with Gasteiger partial charge in [-0.25, -0.2) is 0 Å². The van der Waals surface area contributed by atoms with Crippen molar-refractivity contribution in [3.8, 4) is 5.75 Å². The highest BCUT2D eigenvalue weighted by atomic mass is 32.2. The lowest BCUT2D eigenvalue weighted by molar-refractivity contribution is -0.385. The summed E-state index contributed by atoms with van der Waals surface area (Å²) in [5.41, 5.74) is 0.656. The van der Waals surface area contributed by atoms with Crippen LogP contribution >= 0.6 is 23.5 Å². The Labute approximate surface area is 186 Å². The highest BCUT2D eigenvalue weighted by Crippen LogP contribution is 2.34. The van der Waals surface area contributed by atoms with E-state index < -0.39 is 28.5 Å². The Hall–Kier alpha value is -3.31. The Morgan fingerprint density at radius 3 is 2.74 bits per heavy atom. The maximum Gasteiger partial charge on any atom is 0.311 e. The molecule has 0 aromatic heterocycles. The maximum atomic E-state index is 12.6. The molecular weight excluding hydrogens is 442 g/mol. The van der Waals surface area contributed by atoms with E-state index in [9.17, 15) is 24.5 Å². The lowest BCUT2D eigenvalue weighted by Gasteiger charge is -2.12. The number of nitrogens with one attached hydrogen (secondary N) is 1. The molecule has 0 bridgehead atoms. The third-order valence-corrected chi connectivity index (χ3v) is 5.86. The first kappa shape index (κ1) is 22.4. The van der Waals surface area contributed by atoms with Gasteiger partial charge in [0.25, 0.3) is 11.1 Å². The van der Waals surface area contributed by atoms with Crippen LogP contribution in [0.5, 0.6) is 5.75 Å². The quantitative estimate of drug-likeness (QED) is 0.286.